The zero-order chi connectivity index (χ0) is 27.2. The van der Waals surface area contributed by atoms with E-state index in [-0.39, 0.29) is 29.7 Å². The van der Waals surface area contributed by atoms with Gasteiger partial charge >= 0.3 is 0 Å². The average molecular weight is 521 g/mol. The molecule has 1 saturated heterocycles. The molecule has 0 radical (unpaired) electrons. The molecule has 0 aliphatic carbocycles. The third-order valence-corrected chi connectivity index (χ3v) is 7.29. The molecule has 1 aliphatic rings. The third kappa shape index (κ3) is 6.15. The van der Waals surface area contributed by atoms with E-state index in [0.29, 0.717) is 50.4 Å². The normalized spacial score (nSPS) is 15.1. The Morgan fingerprint density at radius 1 is 0.947 bits per heavy atom. The van der Waals surface area contributed by atoms with E-state index in [4.69, 9.17) is 0 Å². The van der Waals surface area contributed by atoms with Crippen molar-refractivity contribution in [3.63, 3.8) is 0 Å². The maximum atomic E-state index is 14.1. The summed E-state index contributed by atoms with van der Waals surface area (Å²) in [5.41, 5.74) is 1.31. The summed E-state index contributed by atoms with van der Waals surface area (Å²) >= 11 is 0. The van der Waals surface area contributed by atoms with Crippen molar-refractivity contribution in [3.8, 4) is 0 Å². The number of benzene rings is 3. The molecule has 4 nitrogen and oxygen atoms in total. The van der Waals surface area contributed by atoms with Crippen LogP contribution in [0.4, 0.5) is 13.2 Å². The monoisotopic (exact) mass is 520 g/mol. The highest BCUT2D eigenvalue weighted by Crippen LogP contribution is 2.36. The smallest absolute Gasteiger partial charge is 0.291 e. The quantitative estimate of drug-likeness (QED) is 0.357. The third-order valence-electron chi connectivity index (χ3n) is 7.29. The predicted molar refractivity (Wildman–Crippen MR) is 141 cm³/mol. The van der Waals surface area contributed by atoms with E-state index in [1.54, 1.807) is 23.1 Å². The summed E-state index contributed by atoms with van der Waals surface area (Å²) in [6, 6.07) is 21.5. The molecule has 7 heteroatoms. The van der Waals surface area contributed by atoms with Crippen LogP contribution >= 0.6 is 0 Å². The molecule has 0 unspecified atom stereocenters. The first-order valence-corrected chi connectivity index (χ1v) is 12.7. The molecule has 0 bridgehead atoms. The number of nitrogens with one attached hydrogen (secondary N) is 1. The van der Waals surface area contributed by atoms with Crippen molar-refractivity contribution in [1.82, 2.24) is 10.2 Å². The van der Waals surface area contributed by atoms with Crippen molar-refractivity contribution < 1.29 is 22.8 Å². The Labute approximate surface area is 221 Å². The van der Waals surface area contributed by atoms with Crippen LogP contribution in [0.5, 0.6) is 0 Å². The lowest BCUT2D eigenvalue weighted by atomic mass is 9.72. The van der Waals surface area contributed by atoms with Crippen LogP contribution in [0.15, 0.2) is 91.5 Å². The second kappa shape index (κ2) is 11.7. The van der Waals surface area contributed by atoms with Gasteiger partial charge in [0.25, 0.3) is 5.92 Å². The number of aryl methyl sites for hydroxylation is 1. The highest BCUT2D eigenvalue weighted by Gasteiger charge is 2.43. The number of carbonyl (C=O) groups is 2. The van der Waals surface area contributed by atoms with E-state index in [0.717, 1.165) is 11.1 Å². The highest BCUT2D eigenvalue weighted by atomic mass is 19.3. The van der Waals surface area contributed by atoms with Crippen LogP contribution in [0.3, 0.4) is 0 Å². The number of likely N-dealkylation sites (tertiary alicyclic amines) is 1. The topological polar surface area (TPSA) is 49.4 Å². The Hall–Kier alpha value is -3.87. The maximum absolute atomic E-state index is 14.1. The summed E-state index contributed by atoms with van der Waals surface area (Å²) in [5, 5.41) is 2.96. The van der Waals surface area contributed by atoms with E-state index >= 15 is 0 Å². The summed E-state index contributed by atoms with van der Waals surface area (Å²) in [6.45, 7) is 4.15. The van der Waals surface area contributed by atoms with Gasteiger partial charge < -0.3 is 10.2 Å². The van der Waals surface area contributed by atoms with Gasteiger partial charge in [-0.25, -0.2) is 4.39 Å². The first kappa shape index (κ1) is 27.2. The number of allylic oxidation sites excluding steroid dienone is 1. The molecular weight excluding hydrogens is 489 g/mol. The molecular formula is C31H31F3N2O2. The Morgan fingerprint density at radius 3 is 2.29 bits per heavy atom. The van der Waals surface area contributed by atoms with Gasteiger partial charge in [-0.3, -0.25) is 9.59 Å². The predicted octanol–water partition coefficient (Wildman–Crippen LogP) is 5.91. The fourth-order valence-corrected chi connectivity index (χ4v) is 4.96. The number of piperidine rings is 1. The second-order valence-corrected chi connectivity index (χ2v) is 9.67. The molecule has 1 N–H and O–H groups in total. The van der Waals surface area contributed by atoms with Crippen LogP contribution in [-0.4, -0.2) is 29.8 Å². The van der Waals surface area contributed by atoms with Crippen LogP contribution in [0.2, 0.25) is 0 Å². The molecule has 0 saturated carbocycles. The Morgan fingerprint density at radius 2 is 1.63 bits per heavy atom. The summed E-state index contributed by atoms with van der Waals surface area (Å²) in [6.07, 6.45) is 2.31. The van der Waals surface area contributed by atoms with Gasteiger partial charge in [-0.05, 0) is 60.2 Å². The Balaban J connectivity index is 1.43. The van der Waals surface area contributed by atoms with Gasteiger partial charge in [0, 0.05) is 31.6 Å². The van der Waals surface area contributed by atoms with Crippen LogP contribution in [0.25, 0.3) is 0 Å². The molecule has 0 aromatic heterocycles. The minimum atomic E-state index is -3.15. The molecule has 3 aromatic carbocycles. The lowest BCUT2D eigenvalue weighted by Gasteiger charge is -2.41. The minimum absolute atomic E-state index is 0.00337. The lowest BCUT2D eigenvalue weighted by molar-refractivity contribution is -0.137. The van der Waals surface area contributed by atoms with Crippen LogP contribution in [0, 0.1) is 5.82 Å². The SMILES string of the molecule is C=CC(F)(F)c1cccc(CNC(=O)C2(c3ccccc3)CCN(C(=O)CCc3ccc(F)cc3)CC2)c1. The van der Waals surface area contributed by atoms with E-state index in [1.807, 2.05) is 30.3 Å². The zero-order valence-corrected chi connectivity index (χ0v) is 21.1. The first-order valence-electron chi connectivity index (χ1n) is 12.7. The van der Waals surface area contributed by atoms with Gasteiger partial charge in [0.15, 0.2) is 0 Å². The van der Waals surface area contributed by atoms with Gasteiger partial charge in [-0.15, -0.1) is 0 Å². The van der Waals surface area contributed by atoms with Gasteiger partial charge in [0.05, 0.1) is 5.41 Å². The van der Waals surface area contributed by atoms with Crippen LogP contribution in [0.1, 0.15) is 41.5 Å². The maximum Gasteiger partial charge on any atom is 0.291 e. The van der Waals surface area contributed by atoms with Crippen molar-refractivity contribution in [2.45, 2.75) is 43.6 Å². The van der Waals surface area contributed by atoms with E-state index < -0.39 is 11.3 Å². The number of hydrogen-bond donors (Lipinski definition) is 1. The number of hydrogen-bond acceptors (Lipinski definition) is 2. The number of halogens is 3. The summed E-state index contributed by atoms with van der Waals surface area (Å²) in [7, 11) is 0. The second-order valence-electron chi connectivity index (χ2n) is 9.67. The van der Waals surface area contributed by atoms with Gasteiger partial charge in [-0.2, -0.15) is 8.78 Å². The van der Waals surface area contributed by atoms with Crippen molar-refractivity contribution in [3.05, 3.63) is 120 Å². The molecule has 2 amide bonds. The van der Waals surface area contributed by atoms with E-state index in [1.165, 1.54) is 30.3 Å². The molecule has 4 rings (SSSR count). The van der Waals surface area contributed by atoms with Crippen molar-refractivity contribution in [2.24, 2.45) is 0 Å². The summed E-state index contributed by atoms with van der Waals surface area (Å²) in [4.78, 5) is 28.3. The molecule has 3 aromatic rings. The fraction of sp³-hybridized carbons (Fsp3) is 0.290. The number of amides is 2. The van der Waals surface area contributed by atoms with Gasteiger partial charge in [-0.1, -0.05) is 67.2 Å². The zero-order valence-electron chi connectivity index (χ0n) is 21.1. The fourth-order valence-electron chi connectivity index (χ4n) is 4.96. The summed E-state index contributed by atoms with van der Waals surface area (Å²) in [5.74, 6) is -3.66. The van der Waals surface area contributed by atoms with Gasteiger partial charge in [0.2, 0.25) is 11.8 Å². The van der Waals surface area contributed by atoms with Crippen LogP contribution in [-0.2, 0) is 33.9 Å². The molecule has 0 atom stereocenters. The Kier molecular flexibility index (Phi) is 8.35. The molecule has 38 heavy (non-hydrogen) atoms. The number of alkyl halides is 2. The largest absolute Gasteiger partial charge is 0.351 e. The standard InChI is InChI=1S/C31H31F3N2O2/c1-2-31(33,34)26-10-6-7-24(21-26)22-35-29(38)30(25-8-4-3-5-9-25)17-19-36(20-18-30)28(37)16-13-23-11-14-27(32)15-12-23/h2-12,14-15,21H,1,13,16-20,22H2,(H,35,38). The molecule has 1 heterocycles. The number of rotatable bonds is 9. The Bertz CT molecular complexity index is 1270. The first-order chi connectivity index (χ1) is 18.2. The molecule has 198 valence electrons. The van der Waals surface area contributed by atoms with E-state index in [2.05, 4.69) is 11.9 Å². The minimum Gasteiger partial charge on any atom is -0.351 e. The van der Waals surface area contributed by atoms with Crippen molar-refractivity contribution >= 4 is 11.8 Å². The van der Waals surface area contributed by atoms with Gasteiger partial charge in [0.1, 0.15) is 5.82 Å². The number of carbonyl (C=O) groups excluding carboxylic acids is 2. The molecule has 1 aliphatic heterocycles. The highest BCUT2D eigenvalue weighted by molar-refractivity contribution is 5.89. The van der Waals surface area contributed by atoms with Crippen molar-refractivity contribution in [1.29, 1.82) is 0 Å². The van der Waals surface area contributed by atoms with Crippen molar-refractivity contribution in [2.75, 3.05) is 13.1 Å². The molecule has 0 spiro atoms. The summed E-state index contributed by atoms with van der Waals surface area (Å²) < 4.78 is 41.3. The van der Waals surface area contributed by atoms with Crippen LogP contribution < -0.4 is 5.32 Å². The lowest BCUT2D eigenvalue weighted by Crippen LogP contribution is -2.52. The number of nitrogens with zero attached hydrogens (tertiary/aromatic N) is 1. The average Bonchev–Trinajstić information content (AvgIpc) is 2.96. The van der Waals surface area contributed by atoms with E-state index in [9.17, 15) is 22.8 Å². The molecule has 1 fully saturated rings.